The molecule has 2 aromatic carbocycles. The third-order valence-corrected chi connectivity index (χ3v) is 5.78. The van der Waals surface area contributed by atoms with E-state index < -0.39 is 42.7 Å². The van der Waals surface area contributed by atoms with Crippen LogP contribution in [-0.2, 0) is 28.7 Å². The Morgan fingerprint density at radius 1 is 0.889 bits per heavy atom. The van der Waals surface area contributed by atoms with Crippen LogP contribution in [0, 0.1) is 0 Å². The Hall–Kier alpha value is -1.87. The van der Waals surface area contributed by atoms with Gasteiger partial charge in [-0.2, -0.15) is 49.0 Å². The molecule has 0 amide bonds. The van der Waals surface area contributed by atoms with E-state index >= 15 is 0 Å². The van der Waals surface area contributed by atoms with Gasteiger partial charge in [-0.1, -0.05) is 36.4 Å². The van der Waals surface area contributed by atoms with Gasteiger partial charge in [0.05, 0.1) is 0 Å². The van der Waals surface area contributed by atoms with Gasteiger partial charge in [0.2, 0.25) is 0 Å². The number of fused-ring (bicyclic) bond motifs is 1. The van der Waals surface area contributed by atoms with E-state index in [0.29, 0.717) is 0 Å². The standard InChI is InChI=1S/C13H10F5NO6S2/c14-12(15,16)11(13(17,18)27(22,23)25-19)24-26(20,21)10-7-3-5-8-4-1-2-6-9(8)10/h1-7,11H,19H2. The van der Waals surface area contributed by atoms with Crippen molar-refractivity contribution in [3.05, 3.63) is 42.5 Å². The van der Waals surface area contributed by atoms with E-state index in [9.17, 15) is 38.8 Å². The van der Waals surface area contributed by atoms with Crippen molar-refractivity contribution < 1.29 is 47.3 Å². The summed E-state index contributed by atoms with van der Waals surface area (Å²) < 4.78 is 120. The molecule has 0 aliphatic carbocycles. The molecule has 0 bridgehead atoms. The SMILES string of the molecule is NOS(=O)(=O)C(F)(F)C(OS(=O)(=O)c1cccc2ccccc12)C(F)(F)F. The number of hydrogen-bond acceptors (Lipinski definition) is 7. The van der Waals surface area contributed by atoms with E-state index in [4.69, 9.17) is 0 Å². The average Bonchev–Trinajstić information content (AvgIpc) is 2.58. The molecule has 0 aliphatic rings. The van der Waals surface area contributed by atoms with Crippen molar-refractivity contribution in [2.75, 3.05) is 0 Å². The molecule has 0 aliphatic heterocycles. The van der Waals surface area contributed by atoms with Crippen LogP contribution in [0.1, 0.15) is 0 Å². The minimum atomic E-state index is -6.34. The van der Waals surface area contributed by atoms with E-state index in [2.05, 4.69) is 14.4 Å². The Bertz CT molecular complexity index is 1050. The average molecular weight is 435 g/mol. The van der Waals surface area contributed by atoms with E-state index in [1.807, 2.05) is 0 Å². The van der Waals surface area contributed by atoms with Crippen LogP contribution in [0.4, 0.5) is 22.0 Å². The van der Waals surface area contributed by atoms with Gasteiger partial charge in [-0.3, -0.25) is 0 Å². The predicted octanol–water partition coefficient (Wildman–Crippen LogP) is 2.29. The van der Waals surface area contributed by atoms with E-state index in [-0.39, 0.29) is 10.8 Å². The highest BCUT2D eigenvalue weighted by molar-refractivity contribution is 7.88. The number of benzene rings is 2. The molecule has 0 fully saturated rings. The van der Waals surface area contributed by atoms with Gasteiger partial charge in [0, 0.05) is 5.39 Å². The summed E-state index contributed by atoms with van der Waals surface area (Å²) in [4.78, 5) is -0.864. The Morgan fingerprint density at radius 3 is 2.00 bits per heavy atom. The first kappa shape index (κ1) is 21.4. The van der Waals surface area contributed by atoms with Crippen LogP contribution in [0.25, 0.3) is 10.8 Å². The van der Waals surface area contributed by atoms with Gasteiger partial charge in [0.15, 0.2) is 0 Å². The van der Waals surface area contributed by atoms with Crippen LogP contribution >= 0.6 is 0 Å². The molecule has 1 unspecified atom stereocenters. The van der Waals surface area contributed by atoms with Crippen molar-refractivity contribution in [1.82, 2.24) is 0 Å². The molecule has 14 heteroatoms. The fraction of sp³-hybridized carbons (Fsp3) is 0.231. The second kappa shape index (κ2) is 6.94. The van der Waals surface area contributed by atoms with Crippen LogP contribution in [0.3, 0.4) is 0 Å². The quantitative estimate of drug-likeness (QED) is 0.421. The van der Waals surface area contributed by atoms with Crippen molar-refractivity contribution in [1.29, 1.82) is 0 Å². The van der Waals surface area contributed by atoms with Crippen molar-refractivity contribution in [2.24, 2.45) is 5.90 Å². The fourth-order valence-electron chi connectivity index (χ4n) is 2.09. The van der Waals surface area contributed by atoms with Crippen molar-refractivity contribution in [3.8, 4) is 0 Å². The summed E-state index contributed by atoms with van der Waals surface area (Å²) in [6, 6.07) is 8.83. The molecule has 0 saturated heterocycles. The summed E-state index contributed by atoms with van der Waals surface area (Å²) in [7, 11) is -11.8. The molecule has 0 spiro atoms. The molecule has 2 N–H and O–H groups in total. The Morgan fingerprint density at radius 2 is 1.44 bits per heavy atom. The first-order valence-electron chi connectivity index (χ1n) is 6.72. The Kier molecular flexibility index (Phi) is 5.51. The first-order valence-corrected chi connectivity index (χ1v) is 9.54. The summed E-state index contributed by atoms with van der Waals surface area (Å²) in [6.07, 6.45) is -10.7. The second-order valence-electron chi connectivity index (χ2n) is 5.06. The maximum absolute atomic E-state index is 13.8. The van der Waals surface area contributed by atoms with E-state index in [1.165, 1.54) is 30.3 Å². The van der Waals surface area contributed by atoms with E-state index in [0.717, 1.165) is 12.1 Å². The minimum absolute atomic E-state index is 0.123. The predicted molar refractivity (Wildman–Crippen MR) is 81.2 cm³/mol. The van der Waals surface area contributed by atoms with Gasteiger partial charge in [-0.25, -0.2) is 4.18 Å². The zero-order valence-electron chi connectivity index (χ0n) is 12.9. The molecule has 2 aromatic rings. The molecule has 2 rings (SSSR count). The smallest absolute Gasteiger partial charge is 0.245 e. The largest absolute Gasteiger partial charge is 0.423 e. The number of hydrogen-bond donors (Lipinski definition) is 1. The number of rotatable bonds is 6. The second-order valence-corrected chi connectivity index (χ2v) is 8.25. The zero-order chi connectivity index (χ0) is 20.7. The number of nitrogens with two attached hydrogens (primary N) is 1. The number of alkyl halides is 5. The summed E-state index contributed by atoms with van der Waals surface area (Å²) in [5.41, 5.74) is 0. The first-order chi connectivity index (χ1) is 12.2. The Labute approximate surface area is 149 Å². The lowest BCUT2D eigenvalue weighted by Crippen LogP contribution is -2.53. The molecular formula is C13H10F5NO6S2. The molecule has 1 atom stereocenters. The maximum atomic E-state index is 13.8. The molecule has 0 aromatic heterocycles. The van der Waals surface area contributed by atoms with Crippen LogP contribution in [0.2, 0.25) is 0 Å². The van der Waals surface area contributed by atoms with Gasteiger partial charge < -0.3 is 0 Å². The maximum Gasteiger partial charge on any atom is 0.423 e. The topological polar surface area (TPSA) is 113 Å². The van der Waals surface area contributed by atoms with Gasteiger partial charge in [0.1, 0.15) is 4.90 Å². The normalized spacial score (nSPS) is 15.0. The van der Waals surface area contributed by atoms with Crippen LogP contribution in [0.15, 0.2) is 47.4 Å². The van der Waals surface area contributed by atoms with Crippen molar-refractivity contribution >= 4 is 31.0 Å². The monoisotopic (exact) mass is 435 g/mol. The van der Waals surface area contributed by atoms with Crippen LogP contribution in [-0.4, -0.2) is 34.4 Å². The highest BCUT2D eigenvalue weighted by Gasteiger charge is 2.67. The highest BCUT2D eigenvalue weighted by Crippen LogP contribution is 2.40. The van der Waals surface area contributed by atoms with Crippen LogP contribution in [0.5, 0.6) is 0 Å². The third-order valence-electron chi connectivity index (χ3n) is 3.30. The lowest BCUT2D eigenvalue weighted by Gasteiger charge is -2.26. The van der Waals surface area contributed by atoms with Gasteiger partial charge in [-0.05, 0) is 11.5 Å². The van der Waals surface area contributed by atoms with Gasteiger partial charge in [-0.15, -0.1) is 0 Å². The minimum Gasteiger partial charge on any atom is -0.245 e. The number of halogens is 5. The molecule has 27 heavy (non-hydrogen) atoms. The lowest BCUT2D eigenvalue weighted by molar-refractivity contribution is -0.238. The molecule has 0 radical (unpaired) electrons. The van der Waals surface area contributed by atoms with E-state index in [1.54, 1.807) is 0 Å². The van der Waals surface area contributed by atoms with Crippen molar-refractivity contribution in [3.63, 3.8) is 0 Å². The third kappa shape index (κ3) is 4.03. The molecule has 150 valence electrons. The molecule has 0 heterocycles. The summed E-state index contributed by atoms with van der Waals surface area (Å²) >= 11 is 0. The molecule has 7 nitrogen and oxygen atoms in total. The van der Waals surface area contributed by atoms with Crippen molar-refractivity contribution in [2.45, 2.75) is 22.4 Å². The Balaban J connectivity index is 2.61. The van der Waals surface area contributed by atoms with Gasteiger partial charge >= 0.3 is 21.5 Å². The highest BCUT2D eigenvalue weighted by atomic mass is 32.2. The van der Waals surface area contributed by atoms with Gasteiger partial charge in [0.25, 0.3) is 16.2 Å². The molecular weight excluding hydrogens is 425 g/mol. The summed E-state index contributed by atoms with van der Waals surface area (Å²) in [6.45, 7) is 0. The zero-order valence-corrected chi connectivity index (χ0v) is 14.5. The fourth-order valence-corrected chi connectivity index (χ4v) is 4.01. The summed E-state index contributed by atoms with van der Waals surface area (Å²) in [5.74, 6) is 4.08. The summed E-state index contributed by atoms with van der Waals surface area (Å²) in [5, 5.41) is -5.71. The molecule has 0 saturated carbocycles. The van der Waals surface area contributed by atoms with Crippen LogP contribution < -0.4 is 5.90 Å². The lowest BCUT2D eigenvalue weighted by atomic mass is 10.1.